The van der Waals surface area contributed by atoms with Crippen LogP contribution in [0.2, 0.25) is 0 Å². The molecule has 3 aliphatic heterocycles. The minimum Gasteiger partial charge on any atom is -0.475 e. The van der Waals surface area contributed by atoms with E-state index >= 15 is 0 Å². The predicted molar refractivity (Wildman–Crippen MR) is 143 cm³/mol. The van der Waals surface area contributed by atoms with Crippen molar-refractivity contribution in [3.63, 3.8) is 0 Å². The number of fused-ring (bicyclic) bond motifs is 1. The first kappa shape index (κ1) is 40.9. The van der Waals surface area contributed by atoms with Gasteiger partial charge >= 0.3 is 36.4 Å². The number of hydrogen-bond donors (Lipinski definition) is 3. The molecule has 4 rings (SSSR count). The van der Waals surface area contributed by atoms with Crippen LogP contribution >= 0.6 is 0 Å². The van der Waals surface area contributed by atoms with Crippen LogP contribution in [-0.4, -0.2) is 132 Å². The lowest BCUT2D eigenvalue weighted by atomic mass is 9.86. The minimum absolute atomic E-state index is 0.622. The van der Waals surface area contributed by atoms with Crippen LogP contribution in [0, 0.1) is 25.7 Å². The number of likely N-dealkylation sites (tertiary alicyclic amines) is 1. The van der Waals surface area contributed by atoms with Crippen molar-refractivity contribution in [3.05, 3.63) is 34.9 Å². The van der Waals surface area contributed by atoms with Gasteiger partial charge in [0.15, 0.2) is 0 Å². The molecule has 0 bridgehead atoms. The fourth-order valence-electron chi connectivity index (χ4n) is 5.14. The zero-order chi connectivity index (χ0) is 35.6. The summed E-state index contributed by atoms with van der Waals surface area (Å²) in [6.45, 7) is 14.6. The van der Waals surface area contributed by atoms with Gasteiger partial charge in [-0.3, -0.25) is 9.80 Å². The maximum absolute atomic E-state index is 10.6. The largest absolute Gasteiger partial charge is 0.490 e. The quantitative estimate of drug-likeness (QED) is 0.403. The molecular weight excluding hydrogens is 649 g/mol. The predicted octanol–water partition coefficient (Wildman–Crippen LogP) is 3.90. The summed E-state index contributed by atoms with van der Waals surface area (Å²) < 4.78 is 101. The van der Waals surface area contributed by atoms with Crippen LogP contribution in [-0.2, 0) is 25.7 Å². The van der Waals surface area contributed by atoms with Gasteiger partial charge in [-0.25, -0.2) is 14.4 Å². The molecule has 264 valence electrons. The Morgan fingerprint density at radius 1 is 0.739 bits per heavy atom. The Morgan fingerprint density at radius 3 is 1.54 bits per heavy atom. The number of hydrogen-bond acceptors (Lipinski definition) is 7. The van der Waals surface area contributed by atoms with E-state index in [0.717, 1.165) is 25.7 Å². The fraction of sp³-hybridized carbons (Fsp3) is 0.667. The van der Waals surface area contributed by atoms with Gasteiger partial charge < -0.3 is 25.0 Å². The zero-order valence-electron chi connectivity index (χ0n) is 25.0. The number of alkyl halides is 9. The van der Waals surface area contributed by atoms with Gasteiger partial charge in [-0.1, -0.05) is 29.3 Å². The zero-order valence-corrected chi connectivity index (χ0v) is 25.0. The molecule has 0 unspecified atom stereocenters. The molecule has 0 spiro atoms. The van der Waals surface area contributed by atoms with Crippen LogP contribution in [0.3, 0.4) is 0 Å². The maximum atomic E-state index is 10.6. The molecule has 1 aromatic rings. The number of ether oxygens (including phenoxy) is 1. The van der Waals surface area contributed by atoms with Gasteiger partial charge in [-0.2, -0.15) is 39.5 Å². The number of carboxylic acids is 3. The van der Waals surface area contributed by atoms with Gasteiger partial charge in [0.25, 0.3) is 0 Å². The monoisotopic (exact) mass is 685 g/mol. The van der Waals surface area contributed by atoms with E-state index in [1.54, 1.807) is 0 Å². The molecule has 3 heterocycles. The molecule has 0 aliphatic carbocycles. The highest BCUT2D eigenvalue weighted by molar-refractivity contribution is 5.73. The van der Waals surface area contributed by atoms with E-state index in [2.05, 4.69) is 53.8 Å². The number of carbonyl (C=O) groups is 3. The molecule has 46 heavy (non-hydrogen) atoms. The number of piperazine rings is 1. The summed E-state index contributed by atoms with van der Waals surface area (Å²) in [5.74, 6) is -6.78. The Kier molecular flexibility index (Phi) is 15.2. The number of carboxylic acid groups (broad SMARTS) is 3. The Hall–Kier alpha value is -3.16. The molecule has 0 radical (unpaired) electrons. The molecule has 10 nitrogen and oxygen atoms in total. The standard InChI is InChI=1S/C21H33N3O.3C2HF3O2/c1-16-8-17(2)10-18(9-16)11-23-12-19-14-25-15-21(20(19)13-23)24-6-4-22(3)5-7-24;3*3-2(4,5)1(6)7/h8-10,19-21H,4-7,11-15H2,1-3H3;3*(H,6,7)/t19-,20-,21-;;;/m0.../s1. The summed E-state index contributed by atoms with van der Waals surface area (Å²) in [6, 6.07) is 7.59. The average molecular weight is 686 g/mol. The molecule has 3 fully saturated rings. The lowest BCUT2D eigenvalue weighted by Crippen LogP contribution is -2.56. The minimum atomic E-state index is -5.08. The topological polar surface area (TPSA) is 131 Å². The molecule has 0 saturated carbocycles. The molecule has 19 heteroatoms. The highest BCUT2D eigenvalue weighted by Gasteiger charge is 2.43. The van der Waals surface area contributed by atoms with Crippen molar-refractivity contribution in [1.29, 1.82) is 0 Å². The van der Waals surface area contributed by atoms with Gasteiger partial charge in [0.05, 0.1) is 13.2 Å². The highest BCUT2D eigenvalue weighted by atomic mass is 19.4. The summed E-state index contributed by atoms with van der Waals surface area (Å²) in [6.07, 6.45) is -15.3. The van der Waals surface area contributed by atoms with E-state index < -0.39 is 36.4 Å². The van der Waals surface area contributed by atoms with Crippen LogP contribution < -0.4 is 0 Å². The lowest BCUT2D eigenvalue weighted by molar-refractivity contribution is -0.193. The van der Waals surface area contributed by atoms with Crippen LogP contribution in [0.5, 0.6) is 0 Å². The van der Waals surface area contributed by atoms with E-state index in [-0.39, 0.29) is 0 Å². The van der Waals surface area contributed by atoms with Crippen molar-refractivity contribution >= 4 is 17.9 Å². The van der Waals surface area contributed by atoms with Gasteiger partial charge in [0, 0.05) is 57.8 Å². The molecule has 0 amide bonds. The van der Waals surface area contributed by atoms with Crippen LogP contribution in [0.4, 0.5) is 39.5 Å². The van der Waals surface area contributed by atoms with Crippen molar-refractivity contribution in [1.82, 2.24) is 14.7 Å². The fourth-order valence-corrected chi connectivity index (χ4v) is 5.14. The van der Waals surface area contributed by atoms with Crippen LogP contribution in [0.15, 0.2) is 18.2 Å². The first-order chi connectivity index (χ1) is 20.9. The van der Waals surface area contributed by atoms with E-state index in [1.165, 1.54) is 56.0 Å². The van der Waals surface area contributed by atoms with Gasteiger partial charge in [0.2, 0.25) is 0 Å². The van der Waals surface area contributed by atoms with Gasteiger partial charge in [0.1, 0.15) is 0 Å². The Morgan fingerprint density at radius 2 is 1.15 bits per heavy atom. The van der Waals surface area contributed by atoms with E-state index in [0.29, 0.717) is 12.0 Å². The summed E-state index contributed by atoms with van der Waals surface area (Å²) in [5, 5.41) is 21.4. The molecule has 3 N–H and O–H groups in total. The summed E-state index contributed by atoms with van der Waals surface area (Å²) in [5.41, 5.74) is 4.23. The first-order valence-electron chi connectivity index (χ1n) is 13.6. The van der Waals surface area contributed by atoms with Crippen LogP contribution in [0.25, 0.3) is 0 Å². The van der Waals surface area contributed by atoms with Crippen molar-refractivity contribution < 1.29 is 74.0 Å². The molecule has 3 atom stereocenters. The summed E-state index contributed by atoms with van der Waals surface area (Å²) in [4.78, 5) is 34.5. The molecule has 0 aromatic heterocycles. The second-order valence-corrected chi connectivity index (χ2v) is 11.0. The third-order valence-corrected chi connectivity index (χ3v) is 7.10. The Balaban J connectivity index is 0.000000413. The maximum Gasteiger partial charge on any atom is 0.490 e. The number of aryl methyl sites for hydroxylation is 2. The first-order valence-corrected chi connectivity index (χ1v) is 13.6. The number of rotatable bonds is 3. The molecule has 3 saturated heterocycles. The second kappa shape index (κ2) is 17.1. The summed E-state index contributed by atoms with van der Waals surface area (Å²) in [7, 11) is 2.23. The van der Waals surface area contributed by atoms with E-state index in [1.807, 2.05) is 0 Å². The lowest BCUT2D eigenvalue weighted by Gasteiger charge is -2.44. The van der Waals surface area contributed by atoms with Crippen LogP contribution in [0.1, 0.15) is 16.7 Å². The third kappa shape index (κ3) is 14.5. The molecule has 1 aromatic carbocycles. The number of likely N-dealkylation sites (N-methyl/N-ethyl adjacent to an activating group) is 1. The molecule has 3 aliphatic rings. The van der Waals surface area contributed by atoms with Gasteiger partial charge in [-0.05, 0) is 32.4 Å². The van der Waals surface area contributed by atoms with E-state index in [9.17, 15) is 39.5 Å². The number of benzene rings is 1. The molecular formula is C27H36F9N3O7. The van der Waals surface area contributed by atoms with Crippen molar-refractivity contribution in [3.8, 4) is 0 Å². The third-order valence-electron chi connectivity index (χ3n) is 7.10. The average Bonchev–Trinajstić information content (AvgIpc) is 3.30. The SMILES string of the molecule is Cc1cc(C)cc(CN2C[C@H]3COC[C@H](N4CCN(C)CC4)[C@H]3C2)c1.O=C(O)C(F)(F)F.O=C(O)C(F)(F)F.O=C(O)C(F)(F)F. The normalized spacial score (nSPS) is 22.6. The Labute approximate surface area is 258 Å². The number of nitrogens with zero attached hydrogens (tertiary/aromatic N) is 3. The number of aliphatic carboxylic acids is 3. The van der Waals surface area contributed by atoms with Gasteiger partial charge in [-0.15, -0.1) is 0 Å². The van der Waals surface area contributed by atoms with Crippen molar-refractivity contribution in [2.75, 3.05) is 59.5 Å². The van der Waals surface area contributed by atoms with E-state index in [4.69, 9.17) is 34.4 Å². The second-order valence-electron chi connectivity index (χ2n) is 11.0. The van der Waals surface area contributed by atoms with Crippen molar-refractivity contribution in [2.24, 2.45) is 11.8 Å². The number of halogens is 9. The summed E-state index contributed by atoms with van der Waals surface area (Å²) >= 11 is 0. The Bertz CT molecular complexity index is 1080. The van der Waals surface area contributed by atoms with Crippen molar-refractivity contribution in [2.45, 2.75) is 45.0 Å². The highest BCUT2D eigenvalue weighted by Crippen LogP contribution is 2.34. The smallest absolute Gasteiger partial charge is 0.475 e.